The summed E-state index contributed by atoms with van der Waals surface area (Å²) < 4.78 is 0. The SMILES string of the molecule is O=C(CN1CCN(c2ccccc2Cl)CC1)NCCc1ccccc1. The summed E-state index contributed by atoms with van der Waals surface area (Å²) in [5.41, 5.74) is 2.33. The number of amides is 1. The zero-order valence-electron chi connectivity index (χ0n) is 14.3. The second kappa shape index (κ2) is 8.88. The molecule has 4 nitrogen and oxygen atoms in total. The van der Waals surface area contributed by atoms with Crippen molar-refractivity contribution in [2.24, 2.45) is 0 Å². The van der Waals surface area contributed by atoms with E-state index in [0.29, 0.717) is 13.1 Å². The summed E-state index contributed by atoms with van der Waals surface area (Å²) in [6.07, 6.45) is 0.868. The summed E-state index contributed by atoms with van der Waals surface area (Å²) >= 11 is 6.27. The molecule has 2 aromatic rings. The van der Waals surface area contributed by atoms with E-state index < -0.39 is 0 Å². The molecule has 1 aliphatic heterocycles. The van der Waals surface area contributed by atoms with Crippen molar-refractivity contribution in [1.29, 1.82) is 0 Å². The molecule has 132 valence electrons. The maximum atomic E-state index is 12.1. The number of para-hydroxylation sites is 1. The van der Waals surface area contributed by atoms with Crippen molar-refractivity contribution in [3.8, 4) is 0 Å². The Balaban J connectivity index is 1.38. The van der Waals surface area contributed by atoms with Gasteiger partial charge in [-0.2, -0.15) is 0 Å². The van der Waals surface area contributed by atoms with E-state index in [1.54, 1.807) is 0 Å². The van der Waals surface area contributed by atoms with Crippen LogP contribution in [0.4, 0.5) is 5.69 Å². The maximum Gasteiger partial charge on any atom is 0.234 e. The van der Waals surface area contributed by atoms with Crippen molar-refractivity contribution in [3.05, 3.63) is 65.2 Å². The molecule has 0 bridgehead atoms. The Labute approximate surface area is 154 Å². The zero-order valence-corrected chi connectivity index (χ0v) is 15.1. The van der Waals surface area contributed by atoms with Gasteiger partial charge in [0.05, 0.1) is 17.3 Å². The van der Waals surface area contributed by atoms with E-state index in [9.17, 15) is 4.79 Å². The number of carbonyl (C=O) groups is 1. The van der Waals surface area contributed by atoms with Crippen molar-refractivity contribution in [1.82, 2.24) is 10.2 Å². The third-order valence-corrected chi connectivity index (χ3v) is 4.83. The van der Waals surface area contributed by atoms with Crippen LogP contribution in [-0.4, -0.2) is 50.1 Å². The van der Waals surface area contributed by atoms with E-state index in [2.05, 4.69) is 27.2 Å². The highest BCUT2D eigenvalue weighted by molar-refractivity contribution is 6.33. The number of rotatable bonds is 6. The summed E-state index contributed by atoms with van der Waals surface area (Å²) in [6.45, 7) is 4.67. The Morgan fingerprint density at radius 1 is 0.960 bits per heavy atom. The molecule has 0 radical (unpaired) electrons. The fourth-order valence-electron chi connectivity index (χ4n) is 3.11. The van der Waals surface area contributed by atoms with Crippen molar-refractivity contribution in [2.45, 2.75) is 6.42 Å². The molecule has 1 heterocycles. The molecule has 2 aromatic carbocycles. The largest absolute Gasteiger partial charge is 0.368 e. The summed E-state index contributed by atoms with van der Waals surface area (Å²) in [7, 11) is 0. The molecule has 1 saturated heterocycles. The molecule has 1 N–H and O–H groups in total. The van der Waals surface area contributed by atoms with Crippen LogP contribution in [0.2, 0.25) is 5.02 Å². The Morgan fingerprint density at radius 3 is 2.36 bits per heavy atom. The highest BCUT2D eigenvalue weighted by Gasteiger charge is 2.20. The Bertz CT molecular complexity index is 684. The van der Waals surface area contributed by atoms with E-state index >= 15 is 0 Å². The predicted molar refractivity (Wildman–Crippen MR) is 103 cm³/mol. The van der Waals surface area contributed by atoms with Gasteiger partial charge in [-0.25, -0.2) is 0 Å². The first-order valence-electron chi connectivity index (χ1n) is 8.75. The van der Waals surface area contributed by atoms with Gasteiger partial charge in [-0.15, -0.1) is 0 Å². The van der Waals surface area contributed by atoms with Gasteiger partial charge in [0, 0.05) is 32.7 Å². The second-order valence-electron chi connectivity index (χ2n) is 6.30. The molecule has 0 aromatic heterocycles. The van der Waals surface area contributed by atoms with Crippen molar-refractivity contribution in [2.75, 3.05) is 44.2 Å². The van der Waals surface area contributed by atoms with E-state index in [4.69, 9.17) is 11.6 Å². The van der Waals surface area contributed by atoms with E-state index in [0.717, 1.165) is 43.3 Å². The minimum absolute atomic E-state index is 0.0992. The smallest absolute Gasteiger partial charge is 0.234 e. The van der Waals surface area contributed by atoms with E-state index in [1.165, 1.54) is 5.56 Å². The number of carbonyl (C=O) groups excluding carboxylic acids is 1. The van der Waals surface area contributed by atoms with Gasteiger partial charge in [-0.3, -0.25) is 9.69 Å². The monoisotopic (exact) mass is 357 g/mol. The van der Waals surface area contributed by atoms with Gasteiger partial charge in [0.1, 0.15) is 0 Å². The standard InChI is InChI=1S/C20H24ClN3O/c21-18-8-4-5-9-19(18)24-14-12-23(13-15-24)16-20(25)22-11-10-17-6-2-1-3-7-17/h1-9H,10-16H2,(H,22,25). The third kappa shape index (κ3) is 5.21. The number of nitrogens with zero attached hydrogens (tertiary/aromatic N) is 2. The molecule has 1 fully saturated rings. The van der Waals surface area contributed by atoms with Crippen molar-refractivity contribution >= 4 is 23.2 Å². The first-order chi connectivity index (χ1) is 12.2. The minimum atomic E-state index is 0.0992. The average Bonchev–Trinajstić information content (AvgIpc) is 2.64. The normalized spacial score (nSPS) is 15.2. The van der Waals surface area contributed by atoms with Gasteiger partial charge >= 0.3 is 0 Å². The Kier molecular flexibility index (Phi) is 6.31. The number of anilines is 1. The maximum absolute atomic E-state index is 12.1. The van der Waals surface area contributed by atoms with Crippen LogP contribution in [0.15, 0.2) is 54.6 Å². The van der Waals surface area contributed by atoms with E-state index in [-0.39, 0.29) is 5.91 Å². The molecule has 0 atom stereocenters. The first-order valence-corrected chi connectivity index (χ1v) is 9.12. The summed E-state index contributed by atoms with van der Waals surface area (Å²) in [5.74, 6) is 0.0992. The summed E-state index contributed by atoms with van der Waals surface area (Å²) in [6, 6.07) is 18.1. The van der Waals surface area contributed by atoms with Gasteiger partial charge in [-0.1, -0.05) is 54.1 Å². The lowest BCUT2D eigenvalue weighted by atomic mass is 10.1. The first kappa shape index (κ1) is 17.8. The second-order valence-corrected chi connectivity index (χ2v) is 6.71. The number of nitrogens with one attached hydrogen (secondary N) is 1. The lowest BCUT2D eigenvalue weighted by Crippen LogP contribution is -2.49. The van der Waals surface area contributed by atoms with Crippen LogP contribution in [0, 0.1) is 0 Å². The highest BCUT2D eigenvalue weighted by atomic mass is 35.5. The fourth-order valence-corrected chi connectivity index (χ4v) is 3.36. The van der Waals surface area contributed by atoms with Crippen molar-refractivity contribution < 1.29 is 4.79 Å². The molecule has 1 aliphatic rings. The summed E-state index contributed by atoms with van der Waals surface area (Å²) in [5, 5.41) is 3.80. The lowest BCUT2D eigenvalue weighted by Gasteiger charge is -2.36. The molecule has 3 rings (SSSR count). The number of benzene rings is 2. The minimum Gasteiger partial charge on any atom is -0.368 e. The number of piperazine rings is 1. The fraction of sp³-hybridized carbons (Fsp3) is 0.350. The number of hydrogen-bond donors (Lipinski definition) is 1. The molecule has 0 spiro atoms. The molecule has 5 heteroatoms. The zero-order chi connectivity index (χ0) is 17.5. The van der Waals surface area contributed by atoms with Crippen LogP contribution in [0.3, 0.4) is 0 Å². The average molecular weight is 358 g/mol. The topological polar surface area (TPSA) is 35.6 Å². The van der Waals surface area contributed by atoms with Crippen LogP contribution >= 0.6 is 11.6 Å². The number of halogens is 1. The third-order valence-electron chi connectivity index (χ3n) is 4.51. The molecular weight excluding hydrogens is 334 g/mol. The van der Waals surface area contributed by atoms with Gasteiger partial charge < -0.3 is 10.2 Å². The van der Waals surface area contributed by atoms with Gasteiger partial charge in [-0.05, 0) is 24.1 Å². The highest BCUT2D eigenvalue weighted by Crippen LogP contribution is 2.25. The molecular formula is C20H24ClN3O. The van der Waals surface area contributed by atoms with Gasteiger partial charge in [0.2, 0.25) is 5.91 Å². The van der Waals surface area contributed by atoms with Crippen LogP contribution < -0.4 is 10.2 Å². The number of hydrogen-bond acceptors (Lipinski definition) is 3. The van der Waals surface area contributed by atoms with Gasteiger partial charge in [0.25, 0.3) is 0 Å². The summed E-state index contributed by atoms with van der Waals surface area (Å²) in [4.78, 5) is 16.6. The molecule has 25 heavy (non-hydrogen) atoms. The lowest BCUT2D eigenvalue weighted by molar-refractivity contribution is -0.122. The van der Waals surface area contributed by atoms with Crippen LogP contribution in [0.25, 0.3) is 0 Å². The molecule has 0 saturated carbocycles. The Morgan fingerprint density at radius 2 is 1.64 bits per heavy atom. The molecule has 1 amide bonds. The predicted octanol–water partition coefficient (Wildman–Crippen LogP) is 2.82. The van der Waals surface area contributed by atoms with Crippen LogP contribution in [0.5, 0.6) is 0 Å². The molecule has 0 aliphatic carbocycles. The Hall–Kier alpha value is -2.04. The van der Waals surface area contributed by atoms with Gasteiger partial charge in [0.15, 0.2) is 0 Å². The molecule has 0 unspecified atom stereocenters. The van der Waals surface area contributed by atoms with E-state index in [1.807, 2.05) is 42.5 Å². The van der Waals surface area contributed by atoms with Crippen molar-refractivity contribution in [3.63, 3.8) is 0 Å². The van der Waals surface area contributed by atoms with Crippen LogP contribution in [-0.2, 0) is 11.2 Å². The quantitative estimate of drug-likeness (QED) is 0.863. The van der Waals surface area contributed by atoms with Crippen LogP contribution in [0.1, 0.15) is 5.56 Å².